The molecule has 1 saturated heterocycles. The van der Waals surface area contributed by atoms with Crippen LogP contribution in [0.2, 0.25) is 5.02 Å². The van der Waals surface area contributed by atoms with Gasteiger partial charge < -0.3 is 14.7 Å². The molecule has 2 aromatic rings. The summed E-state index contributed by atoms with van der Waals surface area (Å²) in [6.45, 7) is 0.894. The Balaban J connectivity index is 1.57. The number of hydrogen-bond acceptors (Lipinski definition) is 3. The van der Waals surface area contributed by atoms with E-state index in [1.165, 1.54) is 12.1 Å². The minimum Gasteiger partial charge on any atom is -0.445 e. The van der Waals surface area contributed by atoms with E-state index in [0.29, 0.717) is 31.5 Å². The van der Waals surface area contributed by atoms with E-state index in [2.05, 4.69) is 0 Å². The van der Waals surface area contributed by atoms with Gasteiger partial charge in [-0.1, -0.05) is 48.0 Å². The summed E-state index contributed by atoms with van der Waals surface area (Å²) in [4.78, 5) is 13.7. The van der Waals surface area contributed by atoms with Crippen molar-refractivity contribution in [3.8, 4) is 0 Å². The number of ether oxygens (including phenoxy) is 1. The Bertz CT molecular complexity index is 746. The van der Waals surface area contributed by atoms with Crippen molar-refractivity contribution in [1.82, 2.24) is 4.90 Å². The van der Waals surface area contributed by atoms with E-state index in [9.17, 15) is 14.3 Å². The second-order valence-corrected chi connectivity index (χ2v) is 6.59. The molecule has 0 radical (unpaired) electrons. The van der Waals surface area contributed by atoms with Gasteiger partial charge in [-0.15, -0.1) is 0 Å². The van der Waals surface area contributed by atoms with E-state index in [1.54, 1.807) is 11.0 Å². The maximum absolute atomic E-state index is 13.6. The van der Waals surface area contributed by atoms with Crippen LogP contribution in [0.5, 0.6) is 0 Å². The van der Waals surface area contributed by atoms with Crippen LogP contribution in [0, 0.1) is 5.82 Å². The Kier molecular flexibility index (Phi) is 5.25. The van der Waals surface area contributed by atoms with Crippen LogP contribution in [0.1, 0.15) is 24.0 Å². The maximum Gasteiger partial charge on any atom is 0.410 e. The molecular formula is C19H19ClFNO3. The second-order valence-electron chi connectivity index (χ2n) is 6.19. The predicted molar refractivity (Wildman–Crippen MR) is 92.7 cm³/mol. The highest BCUT2D eigenvalue weighted by molar-refractivity contribution is 6.30. The van der Waals surface area contributed by atoms with Gasteiger partial charge in [-0.25, -0.2) is 9.18 Å². The Labute approximate surface area is 150 Å². The van der Waals surface area contributed by atoms with Crippen LogP contribution in [0.25, 0.3) is 0 Å². The summed E-state index contributed by atoms with van der Waals surface area (Å²) < 4.78 is 18.9. The quantitative estimate of drug-likeness (QED) is 0.893. The summed E-state index contributed by atoms with van der Waals surface area (Å²) in [7, 11) is 0. The van der Waals surface area contributed by atoms with Crippen LogP contribution in [0.3, 0.4) is 0 Å². The van der Waals surface area contributed by atoms with Gasteiger partial charge in [0.1, 0.15) is 12.4 Å². The van der Waals surface area contributed by atoms with Crippen LogP contribution in [0.4, 0.5) is 9.18 Å². The monoisotopic (exact) mass is 363 g/mol. The van der Waals surface area contributed by atoms with Crippen LogP contribution >= 0.6 is 11.6 Å². The molecule has 0 atom stereocenters. The first-order chi connectivity index (χ1) is 12.0. The zero-order valence-electron chi connectivity index (χ0n) is 13.6. The molecule has 0 spiro atoms. The van der Waals surface area contributed by atoms with Crippen molar-refractivity contribution in [2.75, 3.05) is 13.1 Å². The van der Waals surface area contributed by atoms with Gasteiger partial charge in [-0.05, 0) is 36.1 Å². The topological polar surface area (TPSA) is 49.8 Å². The highest BCUT2D eigenvalue weighted by atomic mass is 35.5. The van der Waals surface area contributed by atoms with E-state index in [1.807, 2.05) is 30.3 Å². The Morgan fingerprint density at radius 1 is 1.20 bits per heavy atom. The number of carbonyl (C=O) groups is 1. The largest absolute Gasteiger partial charge is 0.445 e. The molecule has 1 N–H and O–H groups in total. The maximum atomic E-state index is 13.6. The average Bonchev–Trinajstić information content (AvgIpc) is 2.63. The molecule has 6 heteroatoms. The zero-order valence-corrected chi connectivity index (χ0v) is 14.4. The summed E-state index contributed by atoms with van der Waals surface area (Å²) >= 11 is 5.69. The van der Waals surface area contributed by atoms with Crippen LogP contribution in [-0.2, 0) is 16.9 Å². The van der Waals surface area contributed by atoms with Gasteiger partial charge in [0, 0.05) is 13.1 Å². The standard InChI is InChI=1S/C19H19ClFNO3/c20-16-7-6-15(12-17(16)21)19(24)8-10-22(11-9-19)18(23)25-13-14-4-2-1-3-5-14/h1-7,12,24H,8-11,13H2. The van der Waals surface area contributed by atoms with Gasteiger partial charge in [0.25, 0.3) is 0 Å². The van der Waals surface area contributed by atoms with Crippen molar-refractivity contribution in [1.29, 1.82) is 0 Å². The first-order valence-corrected chi connectivity index (χ1v) is 8.49. The molecule has 0 bridgehead atoms. The molecule has 4 nitrogen and oxygen atoms in total. The third-order valence-electron chi connectivity index (χ3n) is 4.51. The van der Waals surface area contributed by atoms with Gasteiger partial charge in [-0.3, -0.25) is 0 Å². The molecule has 0 aliphatic carbocycles. The molecule has 3 rings (SSSR count). The second kappa shape index (κ2) is 7.42. The highest BCUT2D eigenvalue weighted by Gasteiger charge is 2.36. The predicted octanol–water partition coefficient (Wildman–Crippen LogP) is 4.10. The van der Waals surface area contributed by atoms with E-state index >= 15 is 0 Å². The van der Waals surface area contributed by atoms with Crippen molar-refractivity contribution in [3.63, 3.8) is 0 Å². The Morgan fingerprint density at radius 2 is 1.88 bits per heavy atom. The minimum atomic E-state index is -1.17. The van der Waals surface area contributed by atoms with E-state index in [0.717, 1.165) is 5.56 Å². The fourth-order valence-electron chi connectivity index (χ4n) is 2.94. The SMILES string of the molecule is O=C(OCc1ccccc1)N1CCC(O)(c2ccc(Cl)c(F)c2)CC1. The van der Waals surface area contributed by atoms with Crippen molar-refractivity contribution >= 4 is 17.7 Å². The molecule has 0 unspecified atom stereocenters. The van der Waals surface area contributed by atoms with E-state index in [4.69, 9.17) is 16.3 Å². The lowest BCUT2D eigenvalue weighted by Gasteiger charge is -2.38. The number of hydrogen-bond donors (Lipinski definition) is 1. The fourth-order valence-corrected chi connectivity index (χ4v) is 3.06. The molecule has 0 aromatic heterocycles. The van der Waals surface area contributed by atoms with Gasteiger partial charge in [0.2, 0.25) is 0 Å². The number of rotatable bonds is 3. The number of aliphatic hydroxyl groups is 1. The molecular weight excluding hydrogens is 345 g/mol. The molecule has 1 amide bonds. The van der Waals surface area contributed by atoms with Gasteiger partial charge in [0.05, 0.1) is 10.6 Å². The molecule has 1 aliphatic rings. The lowest BCUT2D eigenvalue weighted by molar-refractivity contribution is -0.0257. The Morgan fingerprint density at radius 3 is 2.52 bits per heavy atom. The number of halogens is 2. The minimum absolute atomic E-state index is 0.0225. The van der Waals surface area contributed by atoms with Gasteiger partial charge in [0.15, 0.2) is 0 Å². The molecule has 132 valence electrons. The fraction of sp³-hybridized carbons (Fsp3) is 0.316. The summed E-state index contributed by atoms with van der Waals surface area (Å²) in [5.74, 6) is -0.558. The highest BCUT2D eigenvalue weighted by Crippen LogP contribution is 2.34. The van der Waals surface area contributed by atoms with Crippen molar-refractivity contribution in [2.45, 2.75) is 25.0 Å². The summed E-state index contributed by atoms with van der Waals surface area (Å²) in [5, 5.41) is 10.8. The van der Waals surface area contributed by atoms with E-state index in [-0.39, 0.29) is 11.6 Å². The van der Waals surface area contributed by atoms with Crippen LogP contribution in [-0.4, -0.2) is 29.2 Å². The van der Waals surface area contributed by atoms with Crippen molar-refractivity contribution in [3.05, 3.63) is 70.5 Å². The first kappa shape index (κ1) is 17.7. The smallest absolute Gasteiger partial charge is 0.410 e. The zero-order chi connectivity index (χ0) is 17.9. The molecule has 0 saturated carbocycles. The number of nitrogens with zero attached hydrogens (tertiary/aromatic N) is 1. The Hall–Kier alpha value is -2.11. The van der Waals surface area contributed by atoms with Gasteiger partial charge in [-0.2, -0.15) is 0 Å². The van der Waals surface area contributed by atoms with Crippen LogP contribution in [0.15, 0.2) is 48.5 Å². The number of carbonyl (C=O) groups excluding carboxylic acids is 1. The number of benzene rings is 2. The molecule has 2 aromatic carbocycles. The average molecular weight is 364 g/mol. The lowest BCUT2D eigenvalue weighted by Crippen LogP contribution is -2.45. The summed E-state index contributed by atoms with van der Waals surface area (Å²) in [6, 6.07) is 13.8. The molecule has 1 heterocycles. The molecule has 1 aliphatic heterocycles. The normalized spacial score (nSPS) is 16.5. The van der Waals surface area contributed by atoms with Crippen LogP contribution < -0.4 is 0 Å². The van der Waals surface area contributed by atoms with Gasteiger partial charge >= 0.3 is 6.09 Å². The summed E-state index contributed by atoms with van der Waals surface area (Å²) in [6.07, 6.45) is 0.219. The lowest BCUT2D eigenvalue weighted by atomic mass is 9.84. The van der Waals surface area contributed by atoms with E-state index < -0.39 is 17.5 Å². The summed E-state index contributed by atoms with van der Waals surface area (Å²) in [5.41, 5.74) is 0.231. The van der Waals surface area contributed by atoms with Crippen molar-refractivity contribution < 1.29 is 19.0 Å². The molecule has 1 fully saturated rings. The van der Waals surface area contributed by atoms with Crippen molar-refractivity contribution in [2.24, 2.45) is 0 Å². The first-order valence-electron chi connectivity index (χ1n) is 8.11. The number of likely N-dealkylation sites (tertiary alicyclic amines) is 1. The number of piperidine rings is 1. The third kappa shape index (κ3) is 4.11. The number of amides is 1. The third-order valence-corrected chi connectivity index (χ3v) is 4.82. The molecule has 25 heavy (non-hydrogen) atoms.